The van der Waals surface area contributed by atoms with E-state index in [-0.39, 0.29) is 10.7 Å². The Labute approximate surface area is 88.8 Å². The van der Waals surface area contributed by atoms with Gasteiger partial charge in [0.25, 0.3) is 0 Å². The van der Waals surface area contributed by atoms with E-state index >= 15 is 0 Å². The molecule has 0 fully saturated rings. The summed E-state index contributed by atoms with van der Waals surface area (Å²) in [6, 6.07) is 0. The Kier molecular flexibility index (Phi) is 3.38. The molecule has 0 amide bonds. The van der Waals surface area contributed by atoms with Crippen LogP contribution in [0.3, 0.4) is 0 Å². The zero-order chi connectivity index (χ0) is 11.6. The molecule has 0 bridgehead atoms. The lowest BCUT2D eigenvalue weighted by molar-refractivity contribution is -0.133. The lowest BCUT2D eigenvalue weighted by Crippen LogP contribution is -2.13. The molecule has 0 saturated heterocycles. The summed E-state index contributed by atoms with van der Waals surface area (Å²) in [6.07, 6.45) is -4.86. The van der Waals surface area contributed by atoms with Crippen molar-refractivity contribution in [3.63, 3.8) is 0 Å². The average Bonchev–Trinajstić information content (AvgIpc) is 2.41. The largest absolute Gasteiger partial charge is 0.389 e. The van der Waals surface area contributed by atoms with Crippen molar-refractivity contribution in [1.29, 1.82) is 0 Å². The van der Waals surface area contributed by atoms with Crippen LogP contribution in [0.25, 0.3) is 0 Å². The highest BCUT2D eigenvalue weighted by molar-refractivity contribution is 6.33. The van der Waals surface area contributed by atoms with Gasteiger partial charge in [-0.15, -0.1) is 0 Å². The normalized spacial score (nSPS) is 11.8. The van der Waals surface area contributed by atoms with Crippen molar-refractivity contribution in [3.05, 3.63) is 16.9 Å². The molecule has 0 aliphatic rings. The van der Waals surface area contributed by atoms with E-state index in [0.717, 1.165) is 0 Å². The number of Topliss-reactive ketones (excluding diaryl/α,β-unsaturated/α-hetero) is 1. The van der Waals surface area contributed by atoms with Crippen molar-refractivity contribution in [2.45, 2.75) is 19.0 Å². The van der Waals surface area contributed by atoms with E-state index in [1.165, 1.54) is 17.9 Å². The number of nitrogens with zero attached hydrogens (tertiary/aromatic N) is 2. The van der Waals surface area contributed by atoms with Crippen LogP contribution in [-0.2, 0) is 7.05 Å². The predicted octanol–water partition coefficient (Wildman–Crippen LogP) is 2.60. The fraction of sp³-hybridized carbons (Fsp3) is 0.500. The number of rotatable bonds is 3. The Hall–Kier alpha value is -1.04. The molecule has 1 rings (SSSR count). The lowest BCUT2D eigenvalue weighted by atomic mass is 10.1. The van der Waals surface area contributed by atoms with Crippen molar-refractivity contribution in [1.82, 2.24) is 9.78 Å². The summed E-state index contributed by atoms with van der Waals surface area (Å²) in [4.78, 5) is 11.3. The van der Waals surface area contributed by atoms with Crippen LogP contribution in [0.2, 0.25) is 5.02 Å². The van der Waals surface area contributed by atoms with Crippen molar-refractivity contribution in [2.24, 2.45) is 7.05 Å². The number of hydrogen-bond acceptors (Lipinski definition) is 2. The minimum absolute atomic E-state index is 0.0147. The van der Waals surface area contributed by atoms with Gasteiger partial charge in [-0.05, 0) is 0 Å². The van der Waals surface area contributed by atoms with E-state index in [0.29, 0.717) is 0 Å². The molecule has 1 aromatic rings. The summed E-state index contributed by atoms with van der Waals surface area (Å²) >= 11 is 5.60. The molecule has 3 nitrogen and oxygen atoms in total. The van der Waals surface area contributed by atoms with Gasteiger partial charge in [0, 0.05) is 13.5 Å². The van der Waals surface area contributed by atoms with Crippen LogP contribution in [-0.4, -0.2) is 21.7 Å². The third-order valence-electron chi connectivity index (χ3n) is 1.79. The van der Waals surface area contributed by atoms with Gasteiger partial charge in [-0.2, -0.15) is 18.3 Å². The van der Waals surface area contributed by atoms with Gasteiger partial charge in [0.05, 0.1) is 17.6 Å². The van der Waals surface area contributed by atoms with Gasteiger partial charge in [-0.1, -0.05) is 11.6 Å². The average molecular weight is 241 g/mol. The first-order valence-electron chi connectivity index (χ1n) is 4.08. The standard InChI is InChI=1S/C8H8ClF3N2O/c1-14-7(5(9)4-13-14)6(15)2-3-8(10,11)12/h4H,2-3H2,1H3. The minimum atomic E-state index is -4.33. The Bertz CT molecular complexity index is 353. The molecule has 84 valence electrons. The molecule has 0 saturated carbocycles. The fourth-order valence-electron chi connectivity index (χ4n) is 1.10. The first kappa shape index (κ1) is 12.0. The summed E-state index contributed by atoms with van der Waals surface area (Å²) in [5, 5.41) is 3.74. The SMILES string of the molecule is Cn1ncc(Cl)c1C(=O)CCC(F)(F)F. The van der Waals surface area contributed by atoms with Crippen LogP contribution in [0.15, 0.2) is 6.20 Å². The maximum atomic E-state index is 11.9. The minimum Gasteiger partial charge on any atom is -0.292 e. The molecule has 0 N–H and O–H groups in total. The first-order valence-corrected chi connectivity index (χ1v) is 4.46. The first-order chi connectivity index (χ1) is 6.81. The quantitative estimate of drug-likeness (QED) is 0.761. The Morgan fingerprint density at radius 1 is 1.60 bits per heavy atom. The van der Waals surface area contributed by atoms with Crippen LogP contribution in [0.1, 0.15) is 23.3 Å². The Balaban J connectivity index is 2.70. The molecule has 0 aromatic carbocycles. The third kappa shape index (κ3) is 3.23. The van der Waals surface area contributed by atoms with Crippen molar-refractivity contribution < 1.29 is 18.0 Å². The number of carbonyl (C=O) groups is 1. The maximum absolute atomic E-state index is 11.9. The molecule has 1 aromatic heterocycles. The highest BCUT2D eigenvalue weighted by Crippen LogP contribution is 2.24. The smallest absolute Gasteiger partial charge is 0.292 e. The van der Waals surface area contributed by atoms with E-state index in [1.807, 2.05) is 0 Å². The van der Waals surface area contributed by atoms with Crippen LogP contribution in [0, 0.1) is 0 Å². The van der Waals surface area contributed by atoms with E-state index in [1.54, 1.807) is 0 Å². The van der Waals surface area contributed by atoms with Gasteiger partial charge in [-0.3, -0.25) is 9.48 Å². The highest BCUT2D eigenvalue weighted by Gasteiger charge is 2.29. The molecular formula is C8H8ClF3N2O. The van der Waals surface area contributed by atoms with Gasteiger partial charge < -0.3 is 0 Å². The molecule has 0 spiro atoms. The molecule has 0 atom stereocenters. The second kappa shape index (κ2) is 4.22. The number of alkyl halides is 3. The molecule has 0 unspecified atom stereocenters. The van der Waals surface area contributed by atoms with Crippen LogP contribution in [0.5, 0.6) is 0 Å². The number of aryl methyl sites for hydroxylation is 1. The number of halogens is 4. The van der Waals surface area contributed by atoms with Crippen molar-refractivity contribution in [2.75, 3.05) is 0 Å². The zero-order valence-corrected chi connectivity index (χ0v) is 8.56. The van der Waals surface area contributed by atoms with Gasteiger partial charge >= 0.3 is 6.18 Å². The summed E-state index contributed by atoms with van der Waals surface area (Å²) in [6.45, 7) is 0. The van der Waals surface area contributed by atoms with Crippen molar-refractivity contribution in [3.8, 4) is 0 Å². The number of hydrogen-bond donors (Lipinski definition) is 0. The number of ketones is 1. The van der Waals surface area contributed by atoms with Gasteiger partial charge in [-0.25, -0.2) is 0 Å². The van der Waals surface area contributed by atoms with E-state index in [4.69, 9.17) is 11.6 Å². The second-order valence-corrected chi connectivity index (χ2v) is 3.41. The van der Waals surface area contributed by atoms with Crippen molar-refractivity contribution >= 4 is 17.4 Å². The lowest BCUT2D eigenvalue weighted by Gasteiger charge is -2.05. The summed E-state index contributed by atoms with van der Waals surface area (Å²) < 4.78 is 36.7. The fourth-order valence-corrected chi connectivity index (χ4v) is 1.37. The Morgan fingerprint density at radius 2 is 2.20 bits per heavy atom. The van der Waals surface area contributed by atoms with Crippen LogP contribution in [0.4, 0.5) is 13.2 Å². The number of carbonyl (C=O) groups excluding carboxylic acids is 1. The molecular weight excluding hydrogens is 233 g/mol. The summed E-state index contributed by atoms with van der Waals surface area (Å²) in [5.41, 5.74) is 0.0147. The topological polar surface area (TPSA) is 34.9 Å². The molecule has 0 aliphatic heterocycles. The molecule has 0 radical (unpaired) electrons. The van der Waals surface area contributed by atoms with E-state index < -0.39 is 24.8 Å². The third-order valence-corrected chi connectivity index (χ3v) is 2.07. The summed E-state index contributed by atoms with van der Waals surface area (Å²) in [7, 11) is 1.45. The summed E-state index contributed by atoms with van der Waals surface area (Å²) in [5.74, 6) is -0.655. The second-order valence-electron chi connectivity index (χ2n) is 3.00. The monoisotopic (exact) mass is 240 g/mol. The van der Waals surface area contributed by atoms with E-state index in [9.17, 15) is 18.0 Å². The molecule has 0 aliphatic carbocycles. The molecule has 1 heterocycles. The molecule has 15 heavy (non-hydrogen) atoms. The van der Waals surface area contributed by atoms with Crippen LogP contribution < -0.4 is 0 Å². The van der Waals surface area contributed by atoms with E-state index in [2.05, 4.69) is 5.10 Å². The maximum Gasteiger partial charge on any atom is 0.389 e. The molecule has 7 heteroatoms. The highest BCUT2D eigenvalue weighted by atomic mass is 35.5. The zero-order valence-electron chi connectivity index (χ0n) is 7.81. The van der Waals surface area contributed by atoms with Gasteiger partial charge in [0.1, 0.15) is 5.69 Å². The predicted molar refractivity (Wildman–Crippen MR) is 47.8 cm³/mol. The number of aromatic nitrogens is 2. The van der Waals surface area contributed by atoms with Gasteiger partial charge in [0.2, 0.25) is 0 Å². The van der Waals surface area contributed by atoms with Crippen LogP contribution >= 0.6 is 11.6 Å². The van der Waals surface area contributed by atoms with Gasteiger partial charge in [0.15, 0.2) is 5.78 Å². The Morgan fingerprint density at radius 3 is 2.60 bits per heavy atom.